The molecule has 4 aliphatic rings. The molecule has 18 heavy (non-hydrogen) atoms. The Balaban J connectivity index is 1.81. The lowest BCUT2D eigenvalue weighted by Gasteiger charge is -2.57. The molecule has 0 atom stereocenters. The van der Waals surface area contributed by atoms with Crippen LogP contribution in [-0.4, -0.2) is 5.11 Å². The van der Waals surface area contributed by atoms with Gasteiger partial charge in [-0.1, -0.05) is 12.1 Å². The molecular formula is C16H19IO. The van der Waals surface area contributed by atoms with Crippen molar-refractivity contribution in [1.82, 2.24) is 0 Å². The molecule has 4 saturated carbocycles. The van der Waals surface area contributed by atoms with E-state index in [1.807, 2.05) is 6.07 Å². The number of aromatic hydroxyl groups is 1. The van der Waals surface area contributed by atoms with Gasteiger partial charge in [0.15, 0.2) is 0 Å². The van der Waals surface area contributed by atoms with Crippen molar-refractivity contribution in [2.75, 3.05) is 0 Å². The minimum atomic E-state index is 0.319. The molecule has 0 spiro atoms. The van der Waals surface area contributed by atoms with Gasteiger partial charge in [-0.25, -0.2) is 0 Å². The summed E-state index contributed by atoms with van der Waals surface area (Å²) in [4.78, 5) is 0. The molecule has 5 rings (SSSR count). The fourth-order valence-electron chi connectivity index (χ4n) is 5.38. The van der Waals surface area contributed by atoms with Crippen LogP contribution in [0.2, 0.25) is 0 Å². The van der Waals surface area contributed by atoms with Gasteiger partial charge in [-0.3, -0.25) is 0 Å². The number of para-hydroxylation sites is 1. The minimum absolute atomic E-state index is 0.319. The summed E-state index contributed by atoms with van der Waals surface area (Å²) in [7, 11) is 0. The predicted molar refractivity (Wildman–Crippen MR) is 80.7 cm³/mol. The highest BCUT2D eigenvalue weighted by atomic mass is 127. The van der Waals surface area contributed by atoms with Gasteiger partial charge in [0.25, 0.3) is 0 Å². The van der Waals surface area contributed by atoms with Crippen LogP contribution in [0.25, 0.3) is 0 Å². The zero-order chi connectivity index (χ0) is 12.3. The highest BCUT2D eigenvalue weighted by molar-refractivity contribution is 14.1. The van der Waals surface area contributed by atoms with Crippen LogP contribution in [-0.2, 0) is 5.41 Å². The Hall–Kier alpha value is -0.250. The fraction of sp³-hybridized carbons (Fsp3) is 0.625. The molecule has 0 aromatic heterocycles. The molecule has 0 heterocycles. The van der Waals surface area contributed by atoms with E-state index in [1.165, 1.54) is 44.1 Å². The van der Waals surface area contributed by atoms with Crippen LogP contribution in [0.15, 0.2) is 18.2 Å². The summed E-state index contributed by atoms with van der Waals surface area (Å²) in [6.45, 7) is 0. The topological polar surface area (TPSA) is 20.2 Å². The van der Waals surface area contributed by atoms with Crippen molar-refractivity contribution >= 4 is 22.6 Å². The van der Waals surface area contributed by atoms with Crippen LogP contribution < -0.4 is 0 Å². The Kier molecular flexibility index (Phi) is 2.49. The van der Waals surface area contributed by atoms with E-state index in [4.69, 9.17) is 0 Å². The average molecular weight is 354 g/mol. The standard InChI is InChI=1S/C16H19IO/c17-14-3-1-2-13(15(14)18)16-7-10-4-11(8-16)6-12(5-10)9-16/h1-3,10-12,18H,4-9H2. The van der Waals surface area contributed by atoms with E-state index < -0.39 is 0 Å². The maximum Gasteiger partial charge on any atom is 0.132 e. The highest BCUT2D eigenvalue weighted by Crippen LogP contribution is 2.61. The molecule has 0 radical (unpaired) electrons. The Labute approximate surface area is 122 Å². The normalized spacial score (nSPS) is 41.3. The van der Waals surface area contributed by atoms with Gasteiger partial charge in [0.05, 0.1) is 3.57 Å². The Bertz CT molecular complexity index is 459. The van der Waals surface area contributed by atoms with Crippen molar-refractivity contribution in [1.29, 1.82) is 0 Å². The van der Waals surface area contributed by atoms with Crippen molar-refractivity contribution in [2.45, 2.75) is 43.9 Å². The molecule has 0 unspecified atom stereocenters. The number of hydrogen-bond acceptors (Lipinski definition) is 1. The Morgan fingerprint density at radius 3 is 2.11 bits per heavy atom. The second-order valence-electron chi connectivity index (χ2n) is 6.83. The van der Waals surface area contributed by atoms with Crippen molar-refractivity contribution in [3.8, 4) is 5.75 Å². The molecule has 0 aliphatic heterocycles. The molecule has 1 aromatic rings. The van der Waals surface area contributed by atoms with E-state index in [1.54, 1.807) is 0 Å². The molecule has 1 nitrogen and oxygen atoms in total. The third-order valence-corrected chi connectivity index (χ3v) is 6.47. The maximum absolute atomic E-state index is 10.5. The zero-order valence-corrected chi connectivity index (χ0v) is 12.7. The van der Waals surface area contributed by atoms with E-state index in [-0.39, 0.29) is 0 Å². The summed E-state index contributed by atoms with van der Waals surface area (Å²) in [6, 6.07) is 6.32. The van der Waals surface area contributed by atoms with Gasteiger partial charge in [0.1, 0.15) is 5.75 Å². The molecule has 0 saturated heterocycles. The summed E-state index contributed by atoms with van der Waals surface area (Å²) in [6.07, 6.45) is 8.36. The monoisotopic (exact) mass is 354 g/mol. The van der Waals surface area contributed by atoms with E-state index in [2.05, 4.69) is 34.7 Å². The van der Waals surface area contributed by atoms with Crippen LogP contribution in [0.3, 0.4) is 0 Å². The van der Waals surface area contributed by atoms with Crippen LogP contribution in [0.1, 0.15) is 44.1 Å². The number of benzene rings is 1. The highest BCUT2D eigenvalue weighted by Gasteiger charge is 2.52. The summed E-state index contributed by atoms with van der Waals surface area (Å²) in [5, 5.41) is 10.5. The Morgan fingerprint density at radius 2 is 1.56 bits per heavy atom. The number of hydrogen-bond donors (Lipinski definition) is 1. The molecule has 96 valence electrons. The van der Waals surface area contributed by atoms with Gasteiger partial charge < -0.3 is 5.11 Å². The first-order chi connectivity index (χ1) is 8.66. The third kappa shape index (κ3) is 1.57. The van der Waals surface area contributed by atoms with E-state index in [0.717, 1.165) is 21.3 Å². The van der Waals surface area contributed by atoms with E-state index in [0.29, 0.717) is 11.2 Å². The van der Waals surface area contributed by atoms with Crippen molar-refractivity contribution in [3.05, 3.63) is 27.3 Å². The van der Waals surface area contributed by atoms with Gasteiger partial charge in [0, 0.05) is 5.56 Å². The molecule has 4 bridgehead atoms. The summed E-state index contributed by atoms with van der Waals surface area (Å²) >= 11 is 2.26. The van der Waals surface area contributed by atoms with Crippen LogP contribution in [0.5, 0.6) is 5.75 Å². The Morgan fingerprint density at radius 1 is 1.00 bits per heavy atom. The minimum Gasteiger partial charge on any atom is -0.507 e. The van der Waals surface area contributed by atoms with E-state index >= 15 is 0 Å². The summed E-state index contributed by atoms with van der Waals surface area (Å²) in [5.74, 6) is 3.38. The molecule has 4 aliphatic carbocycles. The van der Waals surface area contributed by atoms with Gasteiger partial charge >= 0.3 is 0 Å². The third-order valence-electron chi connectivity index (χ3n) is 5.60. The fourth-order valence-corrected chi connectivity index (χ4v) is 5.88. The summed E-state index contributed by atoms with van der Waals surface area (Å²) < 4.78 is 1.01. The zero-order valence-electron chi connectivity index (χ0n) is 10.5. The molecule has 2 heteroatoms. The molecule has 0 amide bonds. The molecule has 4 fully saturated rings. The van der Waals surface area contributed by atoms with Crippen molar-refractivity contribution < 1.29 is 5.11 Å². The van der Waals surface area contributed by atoms with Gasteiger partial charge in [-0.05, 0) is 90.4 Å². The maximum atomic E-state index is 10.5. The SMILES string of the molecule is Oc1c(I)cccc1C12CC3CC(CC(C3)C1)C2. The lowest BCUT2D eigenvalue weighted by molar-refractivity contribution is -0.00617. The summed E-state index contributed by atoms with van der Waals surface area (Å²) in [5.41, 5.74) is 1.58. The van der Waals surface area contributed by atoms with E-state index in [9.17, 15) is 5.11 Å². The number of phenols is 1. The first-order valence-corrected chi connectivity index (χ1v) is 8.22. The van der Waals surface area contributed by atoms with Crippen LogP contribution in [0, 0.1) is 21.3 Å². The van der Waals surface area contributed by atoms with Crippen molar-refractivity contribution in [2.24, 2.45) is 17.8 Å². The first-order valence-electron chi connectivity index (χ1n) is 7.14. The number of phenolic OH excluding ortho intramolecular Hbond substituents is 1. The van der Waals surface area contributed by atoms with Crippen molar-refractivity contribution in [3.63, 3.8) is 0 Å². The van der Waals surface area contributed by atoms with Gasteiger partial charge in [0.2, 0.25) is 0 Å². The average Bonchev–Trinajstić information content (AvgIpc) is 2.30. The second kappa shape index (κ2) is 3.87. The smallest absolute Gasteiger partial charge is 0.132 e. The predicted octanol–water partition coefficient (Wildman–Crippen LogP) is 4.46. The molecular weight excluding hydrogens is 335 g/mol. The molecule has 1 N–H and O–H groups in total. The molecule has 1 aromatic carbocycles. The van der Waals surface area contributed by atoms with Crippen LogP contribution >= 0.6 is 22.6 Å². The first kappa shape index (κ1) is 11.6. The van der Waals surface area contributed by atoms with Gasteiger partial charge in [-0.2, -0.15) is 0 Å². The van der Waals surface area contributed by atoms with Gasteiger partial charge in [-0.15, -0.1) is 0 Å². The van der Waals surface area contributed by atoms with Crippen LogP contribution in [0.4, 0.5) is 0 Å². The quantitative estimate of drug-likeness (QED) is 0.738. The second-order valence-corrected chi connectivity index (χ2v) is 8.00. The number of rotatable bonds is 1. The lowest BCUT2D eigenvalue weighted by Crippen LogP contribution is -2.48. The number of halogens is 1. The lowest BCUT2D eigenvalue weighted by atomic mass is 9.48. The largest absolute Gasteiger partial charge is 0.507 e.